The SMILES string of the molecule is C#Cc1cccc(-c2cc(=O)n(C(F)(F)F)c3cnc([C@](Cl)(c4ccc(Cl)cc4)c4cncn4C)cc23)c1. The van der Waals surface area contributed by atoms with Crippen molar-refractivity contribution in [1.82, 2.24) is 19.1 Å². The average Bonchev–Trinajstić information content (AvgIpc) is 3.33. The van der Waals surface area contributed by atoms with Crippen LogP contribution in [-0.2, 0) is 18.2 Å². The molecule has 0 amide bonds. The lowest BCUT2D eigenvalue weighted by Crippen LogP contribution is -2.31. The van der Waals surface area contributed by atoms with E-state index in [1.54, 1.807) is 72.7 Å². The fourth-order valence-corrected chi connectivity index (χ4v) is 5.02. The van der Waals surface area contributed by atoms with Crippen molar-refractivity contribution in [3.63, 3.8) is 0 Å². The summed E-state index contributed by atoms with van der Waals surface area (Å²) in [6.07, 6.45) is 4.68. The van der Waals surface area contributed by atoms with E-state index in [2.05, 4.69) is 15.9 Å². The molecule has 0 aliphatic carbocycles. The standard InChI is InChI=1S/C28H17Cl2F3N4O/c1-3-17-5-4-6-18(11-17)21-13-26(38)37(28(31,32)33)23-14-35-24(12-22(21)23)27(30,25-15-34-16-36(25)2)19-7-9-20(29)10-8-19/h1,4-16H,2H3/t27-/m1/s1. The number of rotatable bonds is 4. The van der Waals surface area contributed by atoms with Crippen LogP contribution in [0.2, 0.25) is 5.02 Å². The van der Waals surface area contributed by atoms with Gasteiger partial charge >= 0.3 is 6.30 Å². The molecule has 0 bridgehead atoms. The van der Waals surface area contributed by atoms with Gasteiger partial charge in [0.05, 0.1) is 35.6 Å². The number of fused-ring (bicyclic) bond motifs is 1. The molecule has 38 heavy (non-hydrogen) atoms. The largest absolute Gasteiger partial charge is 0.491 e. The molecular formula is C28H17Cl2F3N4O. The van der Waals surface area contributed by atoms with Gasteiger partial charge in [0.25, 0.3) is 5.56 Å². The third kappa shape index (κ3) is 4.24. The Labute approximate surface area is 225 Å². The minimum absolute atomic E-state index is 0.113. The molecule has 3 aromatic heterocycles. The number of imidazole rings is 1. The zero-order valence-corrected chi connectivity index (χ0v) is 21.2. The number of hydrogen-bond donors (Lipinski definition) is 0. The predicted octanol–water partition coefficient (Wildman–Crippen LogP) is 6.44. The Morgan fingerprint density at radius 3 is 2.39 bits per heavy atom. The van der Waals surface area contributed by atoms with Crippen LogP contribution in [0.5, 0.6) is 0 Å². The molecule has 1 atom stereocenters. The van der Waals surface area contributed by atoms with Crippen LogP contribution in [0, 0.1) is 12.3 Å². The molecule has 0 aliphatic rings. The second kappa shape index (κ2) is 9.35. The lowest BCUT2D eigenvalue weighted by molar-refractivity contribution is -0.203. The summed E-state index contributed by atoms with van der Waals surface area (Å²) in [6, 6.07) is 15.8. The van der Waals surface area contributed by atoms with Crippen molar-refractivity contribution in [2.45, 2.75) is 11.2 Å². The molecule has 0 aliphatic heterocycles. The number of aryl methyl sites for hydroxylation is 1. The van der Waals surface area contributed by atoms with Crippen molar-refractivity contribution in [2.24, 2.45) is 7.05 Å². The minimum Gasteiger partial charge on any atom is -0.336 e. The highest BCUT2D eigenvalue weighted by Gasteiger charge is 2.40. The smallest absolute Gasteiger partial charge is 0.336 e. The number of benzene rings is 2. The Kier molecular flexibility index (Phi) is 6.30. The summed E-state index contributed by atoms with van der Waals surface area (Å²) in [5.41, 5.74) is 0.879. The van der Waals surface area contributed by atoms with E-state index in [0.29, 0.717) is 27.4 Å². The highest BCUT2D eigenvalue weighted by atomic mass is 35.5. The lowest BCUT2D eigenvalue weighted by atomic mass is 9.89. The molecule has 0 N–H and O–H groups in total. The molecule has 3 heterocycles. The summed E-state index contributed by atoms with van der Waals surface area (Å²) in [6.45, 7) is 0. The van der Waals surface area contributed by atoms with E-state index in [1.165, 1.54) is 6.07 Å². The van der Waals surface area contributed by atoms with Gasteiger partial charge in [-0.05, 0) is 47.0 Å². The van der Waals surface area contributed by atoms with Crippen LogP contribution in [0.25, 0.3) is 22.0 Å². The van der Waals surface area contributed by atoms with Crippen LogP contribution in [0.15, 0.2) is 84.2 Å². The van der Waals surface area contributed by atoms with Gasteiger partial charge in [0.2, 0.25) is 0 Å². The summed E-state index contributed by atoms with van der Waals surface area (Å²) in [5.74, 6) is 2.50. The fourth-order valence-electron chi connectivity index (χ4n) is 4.49. The van der Waals surface area contributed by atoms with Gasteiger partial charge in [-0.2, -0.15) is 0 Å². The summed E-state index contributed by atoms with van der Waals surface area (Å²) in [7, 11) is 1.74. The van der Waals surface area contributed by atoms with Crippen molar-refractivity contribution in [3.8, 4) is 23.5 Å². The molecule has 5 nitrogen and oxygen atoms in total. The van der Waals surface area contributed by atoms with Crippen molar-refractivity contribution in [1.29, 1.82) is 0 Å². The molecule has 190 valence electrons. The zero-order valence-electron chi connectivity index (χ0n) is 19.7. The third-order valence-electron chi connectivity index (χ3n) is 6.26. The monoisotopic (exact) mass is 552 g/mol. The first-order chi connectivity index (χ1) is 18.0. The molecule has 2 aromatic carbocycles. The van der Waals surface area contributed by atoms with Crippen LogP contribution in [-0.4, -0.2) is 19.1 Å². The summed E-state index contributed by atoms with van der Waals surface area (Å²) < 4.78 is 43.5. The highest BCUT2D eigenvalue weighted by molar-refractivity contribution is 6.31. The Morgan fingerprint density at radius 2 is 1.76 bits per heavy atom. The molecule has 0 unspecified atom stereocenters. The predicted molar refractivity (Wildman–Crippen MR) is 141 cm³/mol. The Balaban J connectivity index is 1.89. The zero-order chi connectivity index (χ0) is 27.2. The van der Waals surface area contributed by atoms with E-state index in [1.807, 2.05) is 0 Å². The van der Waals surface area contributed by atoms with E-state index in [0.717, 1.165) is 12.3 Å². The molecule has 0 fully saturated rings. The molecular weight excluding hydrogens is 536 g/mol. The number of terminal acetylenes is 1. The molecule has 5 rings (SSSR count). The normalized spacial score (nSPS) is 13.3. The van der Waals surface area contributed by atoms with E-state index in [9.17, 15) is 18.0 Å². The first-order valence-corrected chi connectivity index (χ1v) is 11.9. The van der Waals surface area contributed by atoms with Gasteiger partial charge in [0.15, 0.2) is 4.87 Å². The highest BCUT2D eigenvalue weighted by Crippen LogP contribution is 2.44. The van der Waals surface area contributed by atoms with Crippen LogP contribution in [0.1, 0.15) is 22.5 Å². The quantitative estimate of drug-likeness (QED) is 0.190. The number of halogens is 5. The van der Waals surface area contributed by atoms with Crippen LogP contribution in [0.4, 0.5) is 13.2 Å². The van der Waals surface area contributed by atoms with Crippen molar-refractivity contribution >= 4 is 34.1 Å². The summed E-state index contributed by atoms with van der Waals surface area (Å²) >= 11 is 13.4. The van der Waals surface area contributed by atoms with Crippen LogP contribution in [0.3, 0.4) is 0 Å². The van der Waals surface area contributed by atoms with Gasteiger partial charge in [0.1, 0.15) is 0 Å². The topological polar surface area (TPSA) is 52.7 Å². The van der Waals surface area contributed by atoms with Crippen LogP contribution >= 0.6 is 23.2 Å². The van der Waals surface area contributed by atoms with E-state index in [4.69, 9.17) is 29.6 Å². The number of pyridine rings is 2. The van der Waals surface area contributed by atoms with Gasteiger partial charge in [-0.1, -0.05) is 41.8 Å². The van der Waals surface area contributed by atoms with Gasteiger partial charge < -0.3 is 4.57 Å². The number of nitrogens with zero attached hydrogens (tertiary/aromatic N) is 4. The minimum atomic E-state index is -4.98. The Bertz CT molecular complexity index is 1790. The molecule has 0 saturated carbocycles. The maximum absolute atomic E-state index is 14.0. The molecule has 10 heteroatoms. The molecule has 0 radical (unpaired) electrons. The van der Waals surface area contributed by atoms with E-state index < -0.39 is 22.3 Å². The Morgan fingerprint density at radius 1 is 1.03 bits per heavy atom. The number of aromatic nitrogens is 4. The maximum Gasteiger partial charge on any atom is 0.491 e. The maximum atomic E-state index is 14.0. The van der Waals surface area contributed by atoms with Crippen molar-refractivity contribution in [3.05, 3.63) is 117 Å². The molecule has 0 saturated heterocycles. The first-order valence-electron chi connectivity index (χ1n) is 11.2. The number of alkyl halides is 4. The lowest BCUT2D eigenvalue weighted by Gasteiger charge is -2.28. The van der Waals surface area contributed by atoms with E-state index >= 15 is 0 Å². The van der Waals surface area contributed by atoms with Crippen LogP contribution < -0.4 is 5.56 Å². The van der Waals surface area contributed by atoms with Crippen molar-refractivity contribution in [2.75, 3.05) is 0 Å². The average molecular weight is 553 g/mol. The van der Waals surface area contributed by atoms with Gasteiger partial charge in [-0.25, -0.2) is 9.55 Å². The summed E-state index contributed by atoms with van der Waals surface area (Å²) in [5, 5.41) is 0.594. The van der Waals surface area contributed by atoms with Gasteiger partial charge in [-0.15, -0.1) is 31.2 Å². The van der Waals surface area contributed by atoms with Gasteiger partial charge in [0, 0.05) is 29.1 Å². The second-order valence-electron chi connectivity index (χ2n) is 8.57. The fraction of sp³-hybridized carbons (Fsp3) is 0.107. The first kappa shape index (κ1) is 25.6. The number of hydrogen-bond acceptors (Lipinski definition) is 3. The van der Waals surface area contributed by atoms with Crippen molar-refractivity contribution < 1.29 is 13.2 Å². The Hall–Kier alpha value is -4.06. The van der Waals surface area contributed by atoms with E-state index in [-0.39, 0.29) is 21.2 Å². The molecule has 0 spiro atoms. The van der Waals surface area contributed by atoms with Gasteiger partial charge in [-0.3, -0.25) is 9.78 Å². The third-order valence-corrected chi connectivity index (χ3v) is 7.12. The summed E-state index contributed by atoms with van der Waals surface area (Å²) in [4.78, 5) is 19.8. The second-order valence-corrected chi connectivity index (χ2v) is 9.57. The molecule has 5 aromatic rings.